The van der Waals surface area contributed by atoms with Gasteiger partial charge in [-0.2, -0.15) is 0 Å². The van der Waals surface area contributed by atoms with Gasteiger partial charge in [0.25, 0.3) is 5.56 Å². The van der Waals surface area contributed by atoms with E-state index >= 15 is 0 Å². The molecular weight excluding hydrogens is 372 g/mol. The van der Waals surface area contributed by atoms with Gasteiger partial charge in [0.1, 0.15) is 11.6 Å². The Morgan fingerprint density at radius 1 is 1.25 bits per heavy atom. The Kier molecular flexibility index (Phi) is 6.04. The van der Waals surface area contributed by atoms with E-state index < -0.39 is 0 Å². The fourth-order valence-electron chi connectivity index (χ4n) is 2.78. The molecule has 0 bridgehead atoms. The second-order valence-electron chi connectivity index (χ2n) is 7.05. The van der Waals surface area contributed by atoms with Gasteiger partial charge in [0, 0.05) is 16.5 Å². The third kappa shape index (κ3) is 4.54. The lowest BCUT2D eigenvalue weighted by Gasteiger charge is -2.08. The molecular formula is C21H24N4O2S. The van der Waals surface area contributed by atoms with Crippen LogP contribution in [0.1, 0.15) is 41.6 Å². The Morgan fingerprint density at radius 3 is 2.68 bits per heavy atom. The van der Waals surface area contributed by atoms with E-state index in [2.05, 4.69) is 34.3 Å². The average molecular weight is 397 g/mol. The van der Waals surface area contributed by atoms with Gasteiger partial charge in [-0.15, -0.1) is 11.3 Å². The van der Waals surface area contributed by atoms with Crippen molar-refractivity contribution in [2.45, 2.75) is 46.7 Å². The summed E-state index contributed by atoms with van der Waals surface area (Å²) in [7, 11) is 0. The molecule has 3 rings (SSSR count). The van der Waals surface area contributed by atoms with Crippen LogP contribution in [0, 0.1) is 13.8 Å². The number of rotatable bonds is 6. The van der Waals surface area contributed by atoms with E-state index in [-0.39, 0.29) is 23.9 Å². The minimum Gasteiger partial charge on any atom is -0.350 e. The van der Waals surface area contributed by atoms with Gasteiger partial charge in [-0.05, 0) is 25.3 Å². The van der Waals surface area contributed by atoms with Crippen LogP contribution in [0.5, 0.6) is 0 Å². The van der Waals surface area contributed by atoms with Crippen LogP contribution in [0.4, 0.5) is 0 Å². The van der Waals surface area contributed by atoms with Crippen LogP contribution in [0.3, 0.4) is 0 Å². The molecule has 0 atom stereocenters. The van der Waals surface area contributed by atoms with E-state index in [1.54, 1.807) is 11.3 Å². The highest BCUT2D eigenvalue weighted by molar-refractivity contribution is 7.15. The normalized spacial score (nSPS) is 11.0. The molecule has 1 amide bonds. The van der Waals surface area contributed by atoms with Crippen LogP contribution in [0.25, 0.3) is 10.6 Å². The van der Waals surface area contributed by atoms with Crippen molar-refractivity contribution in [2.75, 3.05) is 0 Å². The largest absolute Gasteiger partial charge is 0.350 e. The molecule has 1 aromatic carbocycles. The van der Waals surface area contributed by atoms with Crippen LogP contribution in [-0.2, 0) is 17.9 Å². The Hall–Kier alpha value is -2.80. The number of aromatic nitrogens is 3. The lowest BCUT2D eigenvalue weighted by atomic mass is 10.1. The number of amides is 1. The molecule has 28 heavy (non-hydrogen) atoms. The van der Waals surface area contributed by atoms with Crippen molar-refractivity contribution in [3.8, 4) is 10.6 Å². The molecule has 0 aliphatic heterocycles. The van der Waals surface area contributed by atoms with Crippen LogP contribution in [-0.4, -0.2) is 20.4 Å². The van der Waals surface area contributed by atoms with E-state index in [0.29, 0.717) is 6.54 Å². The maximum atomic E-state index is 12.3. The number of benzene rings is 1. The fourth-order valence-corrected chi connectivity index (χ4v) is 3.88. The first-order valence-electron chi connectivity index (χ1n) is 9.20. The molecule has 0 unspecified atom stereocenters. The summed E-state index contributed by atoms with van der Waals surface area (Å²) in [5, 5.41) is 3.82. The summed E-state index contributed by atoms with van der Waals surface area (Å²) < 4.78 is 1.32. The van der Waals surface area contributed by atoms with Crippen molar-refractivity contribution in [1.82, 2.24) is 19.9 Å². The van der Waals surface area contributed by atoms with E-state index in [1.807, 2.05) is 32.9 Å². The highest BCUT2D eigenvalue weighted by atomic mass is 32.1. The Bertz CT molecular complexity index is 1050. The first-order valence-corrected chi connectivity index (χ1v) is 10.0. The molecule has 0 saturated heterocycles. The highest BCUT2D eigenvalue weighted by Crippen LogP contribution is 2.29. The molecule has 3 aromatic rings. The smallest absolute Gasteiger partial charge is 0.254 e. The summed E-state index contributed by atoms with van der Waals surface area (Å²) in [6.45, 7) is 8.29. The third-order valence-corrected chi connectivity index (χ3v) is 5.71. The van der Waals surface area contributed by atoms with Crippen molar-refractivity contribution in [2.24, 2.45) is 0 Å². The number of hydrogen-bond acceptors (Lipinski definition) is 5. The number of carbonyl (C=O) groups is 1. The summed E-state index contributed by atoms with van der Waals surface area (Å²) in [6, 6.07) is 9.60. The van der Waals surface area contributed by atoms with E-state index in [9.17, 15) is 9.59 Å². The van der Waals surface area contributed by atoms with Crippen LogP contribution in [0.15, 0.2) is 41.5 Å². The quantitative estimate of drug-likeness (QED) is 0.693. The Labute approximate surface area is 168 Å². The molecule has 0 radical (unpaired) electrons. The van der Waals surface area contributed by atoms with E-state index in [0.717, 1.165) is 26.8 Å². The zero-order valence-corrected chi connectivity index (χ0v) is 17.3. The van der Waals surface area contributed by atoms with Crippen molar-refractivity contribution in [1.29, 1.82) is 0 Å². The molecule has 6 nitrogen and oxygen atoms in total. The molecule has 0 aliphatic rings. The van der Waals surface area contributed by atoms with Gasteiger partial charge in [0.2, 0.25) is 5.91 Å². The van der Waals surface area contributed by atoms with Gasteiger partial charge in [0.05, 0.1) is 24.3 Å². The van der Waals surface area contributed by atoms with Gasteiger partial charge in [-0.1, -0.05) is 38.1 Å². The second kappa shape index (κ2) is 8.48. The Morgan fingerprint density at radius 2 is 2.00 bits per heavy atom. The molecule has 2 heterocycles. The summed E-state index contributed by atoms with van der Waals surface area (Å²) in [5.74, 6) is -0.0561. The molecule has 0 aliphatic carbocycles. The van der Waals surface area contributed by atoms with Crippen molar-refractivity contribution in [3.63, 3.8) is 0 Å². The van der Waals surface area contributed by atoms with Crippen molar-refractivity contribution in [3.05, 3.63) is 68.8 Å². The number of nitrogens with zero attached hydrogens (tertiary/aromatic N) is 3. The number of aryl methyl sites for hydroxylation is 2. The molecule has 7 heteroatoms. The Balaban J connectivity index is 1.65. The summed E-state index contributed by atoms with van der Waals surface area (Å²) in [6.07, 6.45) is 1.44. The summed E-state index contributed by atoms with van der Waals surface area (Å²) in [4.78, 5) is 34.3. The van der Waals surface area contributed by atoms with Crippen LogP contribution in [0.2, 0.25) is 0 Å². The average Bonchev–Trinajstić information content (AvgIpc) is 3.02. The predicted octanol–water partition coefficient (Wildman–Crippen LogP) is 3.42. The number of carbonyl (C=O) groups excluding carboxylic acids is 1. The summed E-state index contributed by atoms with van der Waals surface area (Å²) in [5.41, 5.74) is 3.69. The minimum atomic E-state index is -0.230. The first kappa shape index (κ1) is 19.9. The van der Waals surface area contributed by atoms with Crippen LogP contribution < -0.4 is 10.9 Å². The number of nitrogens with one attached hydrogen (secondary N) is 1. The SMILES string of the molecule is Cc1ccccc1-c1nc(C)c(CNC(=O)Cn2cnc(C(C)C)cc2=O)s1. The minimum absolute atomic E-state index is 0.0489. The predicted molar refractivity (Wildman–Crippen MR) is 111 cm³/mol. The van der Waals surface area contributed by atoms with Crippen molar-refractivity contribution >= 4 is 17.2 Å². The fraction of sp³-hybridized carbons (Fsp3) is 0.333. The van der Waals surface area contributed by atoms with E-state index in [4.69, 9.17) is 0 Å². The monoisotopic (exact) mass is 396 g/mol. The lowest BCUT2D eigenvalue weighted by Crippen LogP contribution is -2.32. The third-order valence-electron chi connectivity index (χ3n) is 4.52. The van der Waals surface area contributed by atoms with E-state index in [1.165, 1.54) is 22.5 Å². The standard InChI is InChI=1S/C21H24N4O2S/c1-13(2)17-9-20(27)25(12-23-17)11-19(26)22-10-18-15(4)24-21(28-18)16-8-6-5-7-14(16)3/h5-9,12-13H,10-11H2,1-4H3,(H,22,26). The highest BCUT2D eigenvalue weighted by Gasteiger charge is 2.13. The molecule has 0 spiro atoms. The number of thiazole rings is 1. The lowest BCUT2D eigenvalue weighted by molar-refractivity contribution is -0.121. The van der Waals surface area contributed by atoms with Gasteiger partial charge in [-0.25, -0.2) is 9.97 Å². The maximum Gasteiger partial charge on any atom is 0.254 e. The molecule has 146 valence electrons. The maximum absolute atomic E-state index is 12.3. The van der Waals surface area contributed by atoms with Crippen LogP contribution >= 0.6 is 11.3 Å². The summed E-state index contributed by atoms with van der Waals surface area (Å²) >= 11 is 1.58. The molecule has 1 N–H and O–H groups in total. The molecule has 2 aromatic heterocycles. The zero-order valence-electron chi connectivity index (χ0n) is 16.5. The van der Waals surface area contributed by atoms with Gasteiger partial charge >= 0.3 is 0 Å². The second-order valence-corrected chi connectivity index (χ2v) is 8.14. The van der Waals surface area contributed by atoms with Gasteiger partial charge < -0.3 is 5.32 Å². The topological polar surface area (TPSA) is 76.9 Å². The molecule has 0 fully saturated rings. The van der Waals surface area contributed by atoms with Crippen molar-refractivity contribution < 1.29 is 4.79 Å². The molecule has 0 saturated carbocycles. The van der Waals surface area contributed by atoms with Gasteiger partial charge in [0.15, 0.2) is 0 Å². The first-order chi connectivity index (χ1) is 13.3. The zero-order chi connectivity index (χ0) is 20.3. The number of hydrogen-bond donors (Lipinski definition) is 1. The van der Waals surface area contributed by atoms with Gasteiger partial charge in [-0.3, -0.25) is 14.2 Å².